The fourth-order valence-electron chi connectivity index (χ4n) is 5.11. The molecule has 4 heterocycles. The second-order valence-electron chi connectivity index (χ2n) is 10.6. The van der Waals surface area contributed by atoms with E-state index >= 15 is 0 Å². The van der Waals surface area contributed by atoms with Crippen molar-refractivity contribution < 1.29 is 24.5 Å². The first-order valence-electron chi connectivity index (χ1n) is 14.2. The molecular formula is C38H28IrN4O. The van der Waals surface area contributed by atoms with Gasteiger partial charge < -0.3 is 9.40 Å². The maximum atomic E-state index is 5.95. The van der Waals surface area contributed by atoms with Gasteiger partial charge in [-0.3, -0.25) is 0 Å². The van der Waals surface area contributed by atoms with Gasteiger partial charge in [-0.05, 0) is 41.1 Å². The Labute approximate surface area is 269 Å². The zero-order valence-corrected chi connectivity index (χ0v) is 26.9. The van der Waals surface area contributed by atoms with Crippen LogP contribution in [0.25, 0.3) is 33.3 Å². The Balaban J connectivity index is 0.000000183. The molecule has 0 fully saturated rings. The molecule has 0 atom stereocenters. The van der Waals surface area contributed by atoms with Crippen molar-refractivity contribution >= 4 is 50.8 Å². The fourth-order valence-corrected chi connectivity index (χ4v) is 5.11. The second kappa shape index (κ2) is 12.3. The van der Waals surface area contributed by atoms with Crippen molar-refractivity contribution in [3.8, 4) is 11.3 Å². The minimum atomic E-state index is 0. The van der Waals surface area contributed by atoms with E-state index in [0.29, 0.717) is 5.71 Å². The van der Waals surface area contributed by atoms with Gasteiger partial charge in [-0.25, -0.2) is 4.98 Å². The summed E-state index contributed by atoms with van der Waals surface area (Å²) < 4.78 is 10.0. The van der Waals surface area contributed by atoms with E-state index < -0.39 is 0 Å². The number of aryl methyl sites for hydroxylation is 3. The van der Waals surface area contributed by atoms with E-state index in [0.717, 1.165) is 50.4 Å². The van der Waals surface area contributed by atoms with E-state index in [-0.39, 0.29) is 20.1 Å². The fraction of sp³-hybridized carbons (Fsp3) is 0.0789. The van der Waals surface area contributed by atoms with Gasteiger partial charge in [0.2, 0.25) is 11.4 Å². The third-order valence-electron chi connectivity index (χ3n) is 7.60. The summed E-state index contributed by atoms with van der Waals surface area (Å²) in [5, 5.41) is 2.01. The zero-order chi connectivity index (χ0) is 29.3. The number of furan rings is 1. The molecule has 1 radical (unpaired) electrons. The van der Waals surface area contributed by atoms with Crippen LogP contribution in [0, 0.1) is 32.9 Å². The van der Waals surface area contributed by atoms with Crippen molar-refractivity contribution in [3.05, 3.63) is 144 Å². The molecule has 1 aliphatic heterocycles. The van der Waals surface area contributed by atoms with Gasteiger partial charge in [-0.1, -0.05) is 71.0 Å². The van der Waals surface area contributed by atoms with Crippen LogP contribution in [0.2, 0.25) is 0 Å². The van der Waals surface area contributed by atoms with Gasteiger partial charge in [-0.15, -0.1) is 41.5 Å². The van der Waals surface area contributed by atoms with E-state index in [2.05, 4.69) is 95.9 Å². The molecule has 0 saturated heterocycles. The molecule has 8 rings (SSSR count). The molecule has 0 amide bonds. The van der Waals surface area contributed by atoms with Crippen molar-refractivity contribution in [2.45, 2.75) is 20.8 Å². The monoisotopic (exact) mass is 749 g/mol. The van der Waals surface area contributed by atoms with Gasteiger partial charge in [-0.2, -0.15) is 6.07 Å². The van der Waals surface area contributed by atoms with Crippen molar-refractivity contribution in [2.24, 2.45) is 0 Å². The largest absolute Gasteiger partial charge is 0.501 e. The second-order valence-corrected chi connectivity index (χ2v) is 10.6. The molecule has 4 aromatic carbocycles. The molecule has 6 heteroatoms. The van der Waals surface area contributed by atoms with Crippen LogP contribution in [0.3, 0.4) is 0 Å². The maximum Gasteiger partial charge on any atom is 0.501 e. The van der Waals surface area contributed by atoms with E-state index in [1.165, 1.54) is 16.7 Å². The van der Waals surface area contributed by atoms with Crippen LogP contribution in [-0.4, -0.2) is 16.0 Å². The van der Waals surface area contributed by atoms with Crippen molar-refractivity contribution in [1.29, 1.82) is 0 Å². The number of pyridine rings is 2. The van der Waals surface area contributed by atoms with Crippen molar-refractivity contribution in [3.63, 3.8) is 0 Å². The van der Waals surface area contributed by atoms with Crippen LogP contribution in [-0.2, 0) is 20.1 Å². The summed E-state index contributed by atoms with van der Waals surface area (Å²) >= 11 is 0. The summed E-state index contributed by atoms with van der Waals surface area (Å²) in [4.78, 5) is 8.72. The molecule has 0 saturated carbocycles. The van der Waals surface area contributed by atoms with E-state index in [4.69, 9.17) is 4.42 Å². The molecule has 0 bridgehead atoms. The first kappa shape index (κ1) is 29.1. The smallest absolute Gasteiger partial charge is 0.465 e. The summed E-state index contributed by atoms with van der Waals surface area (Å²) in [6.45, 7) is 6.24. The van der Waals surface area contributed by atoms with Crippen LogP contribution in [0.15, 0.2) is 120 Å². The first-order chi connectivity index (χ1) is 21.0. The summed E-state index contributed by atoms with van der Waals surface area (Å²) in [5.74, 6) is 0. The molecule has 0 aliphatic carbocycles. The Morgan fingerprint density at radius 1 is 0.705 bits per heavy atom. The molecule has 7 aromatic rings. The summed E-state index contributed by atoms with van der Waals surface area (Å²) in [7, 11) is 0. The number of aromatic nitrogens is 2. The number of rotatable bonds is 3. The molecule has 215 valence electrons. The van der Waals surface area contributed by atoms with Crippen LogP contribution >= 0.6 is 0 Å². The Kier molecular flexibility index (Phi) is 8.15. The standard InChI is InChI=1S/C24H14N3O.C14H14N.Ir/c1-2-7-17(8-3-1)26-16-27(22-11-5-4-10-21(22)26)18-12-13-19-20-9-6-14-25-24(20)28-23(19)15-18;1-10-4-6-13(7-5-10)14-8-11(2)12(3)9-15-14;/h1-11,13-15H;4-6,8-9H,1-3H3;/q+1;-1;. The minimum Gasteiger partial charge on any atom is -0.465 e. The summed E-state index contributed by atoms with van der Waals surface area (Å²) in [6.07, 6.45) is 3.66. The topological polar surface area (TPSA) is 44.9 Å². The minimum absolute atomic E-state index is 0. The number of hydrogen-bond donors (Lipinski definition) is 0. The molecule has 5 nitrogen and oxygen atoms in total. The molecule has 3 aromatic heterocycles. The molecule has 0 N–H and O–H groups in total. The predicted molar refractivity (Wildman–Crippen MR) is 174 cm³/mol. The number of fused-ring (bicyclic) bond motifs is 4. The molecule has 44 heavy (non-hydrogen) atoms. The molecule has 0 unspecified atom stereocenters. The Hall–Kier alpha value is -4.99. The predicted octanol–water partition coefficient (Wildman–Crippen LogP) is 9.11. The molecular weight excluding hydrogens is 721 g/mol. The molecule has 0 spiro atoms. The van der Waals surface area contributed by atoms with Crippen molar-refractivity contribution in [1.82, 2.24) is 19.1 Å². The van der Waals surface area contributed by atoms with Crippen molar-refractivity contribution in [2.75, 3.05) is 0 Å². The van der Waals surface area contributed by atoms with Crippen LogP contribution < -0.4 is 9.15 Å². The van der Waals surface area contributed by atoms with Gasteiger partial charge in [0.05, 0.1) is 0 Å². The van der Waals surface area contributed by atoms with E-state index in [1.807, 2.05) is 71.4 Å². The molecule has 1 aliphatic rings. The van der Waals surface area contributed by atoms with Crippen LogP contribution in [0.5, 0.6) is 0 Å². The van der Waals surface area contributed by atoms with Gasteiger partial charge in [0.1, 0.15) is 5.69 Å². The number of benzene rings is 4. The average Bonchev–Trinajstić information content (AvgIpc) is 3.62. The Morgan fingerprint density at radius 3 is 2.23 bits per heavy atom. The van der Waals surface area contributed by atoms with Crippen LogP contribution in [0.1, 0.15) is 16.7 Å². The van der Waals surface area contributed by atoms with Gasteiger partial charge in [0.25, 0.3) is 11.4 Å². The first-order valence-corrected chi connectivity index (χ1v) is 14.2. The number of nitrogens with zero attached hydrogens (tertiary/aromatic N) is 4. The van der Waals surface area contributed by atoms with E-state index in [9.17, 15) is 0 Å². The third-order valence-corrected chi connectivity index (χ3v) is 7.60. The SMILES string of the molecule is C1=[N+](c2[c-]cc3c(c2)oc2ncccc23)c2ccccc2[N+]=1c1ccccc1.Cc1c[c-]c(-c2cc(C)c(C)cn2)cc1.[Ir]. The third kappa shape index (κ3) is 5.55. The summed E-state index contributed by atoms with van der Waals surface area (Å²) in [5.41, 5.74) is 11.3. The Morgan fingerprint density at radius 2 is 1.48 bits per heavy atom. The van der Waals surface area contributed by atoms with E-state index in [1.54, 1.807) is 6.20 Å². The van der Waals surface area contributed by atoms with Gasteiger partial charge in [0.15, 0.2) is 0 Å². The van der Waals surface area contributed by atoms with Gasteiger partial charge in [0, 0.05) is 62.3 Å². The normalized spacial score (nSPS) is 11.7. The zero-order valence-electron chi connectivity index (χ0n) is 24.5. The van der Waals surface area contributed by atoms with Crippen LogP contribution in [0.4, 0.5) is 22.7 Å². The Bertz CT molecular complexity index is 2200. The number of hydrogen-bond acceptors (Lipinski definition) is 3. The quantitative estimate of drug-likeness (QED) is 0.134. The average molecular weight is 749 g/mol. The van der Waals surface area contributed by atoms with Gasteiger partial charge >= 0.3 is 6.01 Å². The number of para-hydroxylation sites is 3. The summed E-state index contributed by atoms with van der Waals surface area (Å²) in [6, 6.07) is 44.7. The maximum absolute atomic E-state index is 5.95.